The molecular formula is C120H87N9. The summed E-state index contributed by atoms with van der Waals surface area (Å²) in [4.78, 5) is 44.3. The number of fused-ring (bicyclic) bond motifs is 15. The lowest BCUT2D eigenvalue weighted by atomic mass is 9.82. The summed E-state index contributed by atoms with van der Waals surface area (Å²) < 4.78 is 0. The number of hydrogen-bond acceptors (Lipinski definition) is 9. The lowest BCUT2D eigenvalue weighted by Crippen LogP contribution is -2.14. The van der Waals surface area contributed by atoms with Crippen molar-refractivity contribution in [2.24, 2.45) is 0 Å². The normalized spacial score (nSPS) is 13.1. The van der Waals surface area contributed by atoms with Crippen molar-refractivity contribution in [1.29, 1.82) is 0 Å². The highest BCUT2D eigenvalue weighted by molar-refractivity contribution is 6.09. The molecule has 21 aromatic rings. The van der Waals surface area contributed by atoms with Crippen LogP contribution in [0, 0.1) is 0 Å². The van der Waals surface area contributed by atoms with Gasteiger partial charge in [-0.2, -0.15) is 0 Å². The van der Waals surface area contributed by atoms with Crippen LogP contribution < -0.4 is 0 Å². The van der Waals surface area contributed by atoms with Crippen molar-refractivity contribution in [2.45, 2.75) is 57.8 Å². The lowest BCUT2D eigenvalue weighted by molar-refractivity contribution is 0.660. The van der Waals surface area contributed by atoms with E-state index in [9.17, 15) is 0 Å². The predicted molar refractivity (Wildman–Crippen MR) is 530 cm³/mol. The van der Waals surface area contributed by atoms with Crippen LogP contribution in [0.1, 0.15) is 74.9 Å². The fourth-order valence-electron chi connectivity index (χ4n) is 19.5. The van der Waals surface area contributed by atoms with E-state index in [2.05, 4.69) is 278 Å². The van der Waals surface area contributed by atoms with Crippen LogP contribution in [-0.4, -0.2) is 44.9 Å². The summed E-state index contributed by atoms with van der Waals surface area (Å²) in [6.45, 7) is 14.0. The van der Waals surface area contributed by atoms with Gasteiger partial charge >= 0.3 is 0 Å². The molecule has 0 radical (unpaired) electrons. The van der Waals surface area contributed by atoms with Crippen molar-refractivity contribution in [3.63, 3.8) is 0 Å². The Bertz CT molecular complexity index is 7690. The standard InChI is InChI=1S/3C40H29N3/c1-40(2)34-22-10-9-19-33(34)36-32-21-12-20-30(31(32)23-24-35(36)40)28-17-11-18-29(25-28)39-42-37(26-13-5-3-6-14-26)41-38(43-39)27-15-7-4-8-16-27;1-40(2)34-19-10-9-18-33(34)36-32-22-20-29(24-30(32)21-23-35(36)40)28-16-11-17-31(25-28)39-42-37(26-12-5-3-6-13-26)41-38(43-39)27-14-7-4-8-15-27;1-40(2)34-19-10-9-18-32(34)36-33-25-30(21-20-26(33)22-23-35(36)40)29-16-11-17-31(24-29)39-42-37(27-12-5-3-6-13-27)41-38(43-39)28-14-7-4-8-15-28/h3*3-25H,1-2H3. The van der Waals surface area contributed by atoms with E-state index in [0.717, 1.165) is 66.8 Å². The molecule has 0 fully saturated rings. The van der Waals surface area contributed by atoms with Crippen LogP contribution in [0.4, 0.5) is 0 Å². The summed E-state index contributed by atoms with van der Waals surface area (Å²) in [5.41, 5.74) is 32.0. The predicted octanol–water partition coefficient (Wildman–Crippen LogP) is 30.0. The van der Waals surface area contributed by atoms with Crippen LogP contribution in [0.25, 0.3) is 202 Å². The third kappa shape index (κ3) is 14.4. The molecule has 0 amide bonds. The molecule has 0 saturated carbocycles. The van der Waals surface area contributed by atoms with E-state index in [1.54, 1.807) is 0 Å². The molecule has 0 spiro atoms. The quantitative estimate of drug-likeness (QED) is 0.118. The van der Waals surface area contributed by atoms with E-state index in [1.165, 1.54) is 116 Å². The van der Waals surface area contributed by atoms with Gasteiger partial charge in [-0.1, -0.05) is 430 Å². The van der Waals surface area contributed by atoms with Crippen LogP contribution in [0.3, 0.4) is 0 Å². The first-order chi connectivity index (χ1) is 63.2. The Balaban J connectivity index is 0.000000114. The van der Waals surface area contributed by atoms with Crippen molar-refractivity contribution >= 4 is 32.3 Å². The van der Waals surface area contributed by atoms with Crippen molar-refractivity contribution in [2.75, 3.05) is 0 Å². The minimum atomic E-state index is -0.0261. The van der Waals surface area contributed by atoms with Gasteiger partial charge in [0.2, 0.25) is 0 Å². The highest BCUT2D eigenvalue weighted by Gasteiger charge is 2.39. The van der Waals surface area contributed by atoms with Gasteiger partial charge in [-0.3, -0.25) is 0 Å². The van der Waals surface area contributed by atoms with Gasteiger partial charge in [0.25, 0.3) is 0 Å². The number of aromatic nitrogens is 9. The Morgan fingerprint density at radius 3 is 0.775 bits per heavy atom. The fourth-order valence-corrected chi connectivity index (χ4v) is 19.5. The summed E-state index contributed by atoms with van der Waals surface area (Å²) >= 11 is 0. The molecule has 3 aliphatic rings. The Kier molecular flexibility index (Phi) is 19.8. The maximum absolute atomic E-state index is 4.96. The number of benzene rings is 18. The number of hydrogen-bond donors (Lipinski definition) is 0. The summed E-state index contributed by atoms with van der Waals surface area (Å²) in [6, 6.07) is 147. The molecule has 0 unspecified atom stereocenters. The van der Waals surface area contributed by atoms with Crippen LogP contribution in [0.2, 0.25) is 0 Å². The molecule has 24 rings (SSSR count). The molecule has 0 saturated heterocycles. The second-order valence-corrected chi connectivity index (χ2v) is 35.1. The van der Waals surface area contributed by atoms with Crippen LogP contribution in [0.15, 0.2) is 419 Å². The van der Waals surface area contributed by atoms with Crippen molar-refractivity contribution in [3.8, 4) is 169 Å². The fraction of sp³-hybridized carbons (Fsp3) is 0.0750. The van der Waals surface area contributed by atoms with E-state index in [-0.39, 0.29) is 16.2 Å². The topological polar surface area (TPSA) is 116 Å². The first-order valence-corrected chi connectivity index (χ1v) is 44.1. The van der Waals surface area contributed by atoms with Gasteiger partial charge in [-0.05, 0) is 163 Å². The first kappa shape index (κ1) is 78.7. The molecule has 3 aromatic heterocycles. The van der Waals surface area contributed by atoms with Gasteiger partial charge in [0.1, 0.15) is 0 Å². The average molecular weight is 1660 g/mol. The van der Waals surface area contributed by atoms with Gasteiger partial charge in [0, 0.05) is 66.3 Å². The van der Waals surface area contributed by atoms with E-state index in [4.69, 9.17) is 44.9 Å². The minimum absolute atomic E-state index is 0.00509. The third-order valence-electron chi connectivity index (χ3n) is 26.2. The zero-order valence-electron chi connectivity index (χ0n) is 72.4. The second-order valence-electron chi connectivity index (χ2n) is 35.1. The number of nitrogens with zero attached hydrogens (tertiary/aromatic N) is 9. The van der Waals surface area contributed by atoms with Crippen LogP contribution >= 0.6 is 0 Å². The molecule has 9 heteroatoms. The molecule has 0 bridgehead atoms. The molecule has 3 aliphatic carbocycles. The van der Waals surface area contributed by atoms with Gasteiger partial charge < -0.3 is 0 Å². The summed E-state index contributed by atoms with van der Waals surface area (Å²) in [5, 5.41) is 7.62. The average Bonchev–Trinajstić information content (AvgIpc) is 1.58. The Morgan fingerprint density at radius 1 is 0.140 bits per heavy atom. The molecule has 0 aliphatic heterocycles. The van der Waals surface area contributed by atoms with Crippen LogP contribution in [-0.2, 0) is 16.2 Å². The maximum Gasteiger partial charge on any atom is 0.164 e. The highest BCUT2D eigenvalue weighted by Crippen LogP contribution is 2.55. The van der Waals surface area contributed by atoms with E-state index in [1.807, 2.05) is 182 Å². The van der Waals surface area contributed by atoms with Gasteiger partial charge in [-0.15, -0.1) is 0 Å². The Morgan fingerprint density at radius 2 is 0.388 bits per heavy atom. The molecule has 3 heterocycles. The van der Waals surface area contributed by atoms with Crippen LogP contribution in [0.5, 0.6) is 0 Å². The van der Waals surface area contributed by atoms with Gasteiger partial charge in [0.15, 0.2) is 52.4 Å². The Hall–Kier alpha value is -16.2. The van der Waals surface area contributed by atoms with Gasteiger partial charge in [0.05, 0.1) is 0 Å². The van der Waals surface area contributed by atoms with Gasteiger partial charge in [-0.25, -0.2) is 44.9 Å². The highest BCUT2D eigenvalue weighted by atomic mass is 15.1. The van der Waals surface area contributed by atoms with Crippen molar-refractivity contribution in [1.82, 2.24) is 44.9 Å². The molecule has 18 aromatic carbocycles. The molecule has 0 atom stereocenters. The van der Waals surface area contributed by atoms with E-state index < -0.39 is 0 Å². The zero-order valence-corrected chi connectivity index (χ0v) is 72.4. The Labute approximate surface area is 751 Å². The molecule has 0 N–H and O–H groups in total. The zero-order chi connectivity index (χ0) is 86.9. The van der Waals surface area contributed by atoms with E-state index >= 15 is 0 Å². The van der Waals surface area contributed by atoms with Crippen molar-refractivity contribution in [3.05, 3.63) is 452 Å². The smallest absolute Gasteiger partial charge is 0.164 e. The van der Waals surface area contributed by atoms with E-state index in [0.29, 0.717) is 52.4 Å². The monoisotopic (exact) mass is 1650 g/mol. The lowest BCUT2D eigenvalue weighted by Gasteiger charge is -2.21. The first-order valence-electron chi connectivity index (χ1n) is 44.1. The largest absolute Gasteiger partial charge is 0.208 e. The van der Waals surface area contributed by atoms with Crippen molar-refractivity contribution < 1.29 is 0 Å². The molecule has 129 heavy (non-hydrogen) atoms. The SMILES string of the molecule is CC1(C)c2ccccc2-c2c1ccc1c(-c3cccc(-c4nc(-c5ccccc5)nc(-c5ccccc5)n4)c3)cccc21.CC1(C)c2ccccc2-c2c1ccc1cc(-c3cccc(-c4nc(-c5ccccc5)nc(-c5ccccc5)n4)c3)ccc21.CC1(C)c2ccccc2-c2c1ccc1ccc(-c3cccc(-c4nc(-c5ccccc5)nc(-c5ccccc5)n4)c3)cc21. The second kappa shape index (κ2) is 32.4. The molecular weight excluding hydrogens is 1570 g/mol. The summed E-state index contributed by atoms with van der Waals surface area (Å²) in [7, 11) is 0. The third-order valence-corrected chi connectivity index (χ3v) is 26.2. The maximum atomic E-state index is 4.96. The number of rotatable bonds is 12. The summed E-state index contributed by atoms with van der Waals surface area (Å²) in [5.74, 6) is 5.96. The molecule has 612 valence electrons. The summed E-state index contributed by atoms with van der Waals surface area (Å²) in [6.07, 6.45) is 0. The minimum Gasteiger partial charge on any atom is -0.208 e. The molecule has 9 nitrogen and oxygen atoms in total.